The fourth-order valence-electron chi connectivity index (χ4n) is 6.16. The molecule has 2 aromatic carbocycles. The second-order valence-corrected chi connectivity index (χ2v) is 15.0. The summed E-state index contributed by atoms with van der Waals surface area (Å²) in [6, 6.07) is 12.3. The van der Waals surface area contributed by atoms with Gasteiger partial charge >= 0.3 is 0 Å². The van der Waals surface area contributed by atoms with Crippen molar-refractivity contribution < 1.29 is 4.79 Å². The number of fused-ring (bicyclic) bond motifs is 3. The molecule has 50 heavy (non-hydrogen) atoms. The van der Waals surface area contributed by atoms with Crippen LogP contribution in [0.2, 0.25) is 5.02 Å². The van der Waals surface area contributed by atoms with E-state index in [1.54, 1.807) is 0 Å². The molecule has 1 saturated heterocycles. The van der Waals surface area contributed by atoms with E-state index >= 15 is 0 Å². The summed E-state index contributed by atoms with van der Waals surface area (Å²) in [5.41, 5.74) is 11.0. The number of nitrogens with two attached hydrogens (primary N) is 1. The molecule has 7 nitrogen and oxygen atoms in total. The van der Waals surface area contributed by atoms with Crippen LogP contribution < -0.4 is 21.3 Å². The lowest BCUT2D eigenvalue weighted by Crippen LogP contribution is -2.37. The van der Waals surface area contributed by atoms with Crippen LogP contribution in [0.4, 0.5) is 17.1 Å². The van der Waals surface area contributed by atoms with Crippen molar-refractivity contribution in [1.29, 1.82) is 0 Å². The van der Waals surface area contributed by atoms with Gasteiger partial charge in [-0.25, -0.2) is 0 Å². The molecule has 3 aliphatic heterocycles. The van der Waals surface area contributed by atoms with Gasteiger partial charge in [-0.1, -0.05) is 83.2 Å². The topological polar surface area (TPSA) is 76.9 Å². The number of nitrogens with zero attached hydrogens (tertiary/aromatic N) is 3. The van der Waals surface area contributed by atoms with Gasteiger partial charge in [-0.05, 0) is 133 Å². The highest BCUT2D eigenvalue weighted by Gasteiger charge is 2.27. The van der Waals surface area contributed by atoms with Gasteiger partial charge in [0.1, 0.15) is 5.82 Å². The summed E-state index contributed by atoms with van der Waals surface area (Å²) in [6.45, 7) is 19.7. The smallest absolute Gasteiger partial charge is 0.222 e. The third-order valence-corrected chi connectivity index (χ3v) is 10.3. The molecule has 282 valence electrons. The van der Waals surface area contributed by atoms with Crippen molar-refractivity contribution in [2.75, 3.05) is 69.3 Å². The first-order chi connectivity index (χ1) is 24.0. The van der Waals surface area contributed by atoms with E-state index in [1.165, 1.54) is 88.1 Å². The number of hydrogen-bond acceptors (Lipinski definition) is 6. The van der Waals surface area contributed by atoms with Crippen molar-refractivity contribution >= 4 is 34.6 Å². The van der Waals surface area contributed by atoms with Gasteiger partial charge in [-0.15, -0.1) is 0 Å². The predicted octanol–water partition coefficient (Wildman–Crippen LogP) is 9.88. The summed E-state index contributed by atoms with van der Waals surface area (Å²) < 4.78 is 0. The first-order valence-electron chi connectivity index (χ1n) is 19.5. The maximum absolute atomic E-state index is 12.0. The SMILES string of the molecule is C1=C2Nc3ccccc3N2C1.CCCN(C)CCC(C)CC.CNCCCCCCCC(=O)N1CCC(C)CC1.Cc1cc(C)c(N)c(Cl)c1. The summed E-state index contributed by atoms with van der Waals surface area (Å²) in [4.78, 5) is 18.7. The quantitative estimate of drug-likeness (QED) is 0.134. The molecule has 3 aliphatic rings. The van der Waals surface area contributed by atoms with E-state index in [2.05, 4.69) is 90.4 Å². The average molecular weight is 712 g/mol. The Morgan fingerprint density at radius 1 is 1.06 bits per heavy atom. The molecular formula is C42H71ClN6O. The van der Waals surface area contributed by atoms with Gasteiger partial charge in [0.15, 0.2) is 0 Å². The number of nitrogens with one attached hydrogen (secondary N) is 2. The van der Waals surface area contributed by atoms with Crippen molar-refractivity contribution in [1.82, 2.24) is 15.1 Å². The predicted molar refractivity (Wildman–Crippen MR) is 219 cm³/mol. The van der Waals surface area contributed by atoms with Crippen LogP contribution in [0.3, 0.4) is 0 Å². The maximum atomic E-state index is 12.0. The lowest BCUT2D eigenvalue weighted by Gasteiger charge is -2.30. The zero-order valence-corrected chi connectivity index (χ0v) is 33.7. The van der Waals surface area contributed by atoms with Gasteiger partial charge in [0.2, 0.25) is 5.91 Å². The number of anilines is 3. The van der Waals surface area contributed by atoms with Gasteiger partial charge in [0.05, 0.1) is 22.1 Å². The van der Waals surface area contributed by atoms with Crippen LogP contribution in [0.15, 0.2) is 48.3 Å². The zero-order valence-electron chi connectivity index (χ0n) is 32.9. The Labute approximate surface area is 311 Å². The number of rotatable bonds is 14. The second-order valence-electron chi connectivity index (χ2n) is 14.6. The average Bonchev–Trinajstić information content (AvgIpc) is 3.35. The monoisotopic (exact) mass is 711 g/mol. The molecular weight excluding hydrogens is 640 g/mol. The number of likely N-dealkylation sites (tertiary alicyclic amines) is 1. The van der Waals surface area contributed by atoms with E-state index < -0.39 is 0 Å². The molecule has 4 N–H and O–H groups in total. The van der Waals surface area contributed by atoms with E-state index in [0.29, 0.717) is 16.6 Å². The zero-order chi connectivity index (χ0) is 36.9. The number of unbranched alkanes of at least 4 members (excludes halogenated alkanes) is 4. The summed E-state index contributed by atoms with van der Waals surface area (Å²) in [6.07, 6.45) is 15.4. The summed E-state index contributed by atoms with van der Waals surface area (Å²) >= 11 is 5.79. The molecule has 1 fully saturated rings. The number of carbonyl (C=O) groups excluding carboxylic acids is 1. The van der Waals surface area contributed by atoms with Gasteiger partial charge in [-0.2, -0.15) is 0 Å². The standard InChI is InChI=1S/C15H30N2O.C10H23N.C9H8N2.C8H10ClN/c1-14-9-12-17(13-10-14)15(18)8-6-4-3-5-7-11-16-2;1-5-8-11(4)9-7-10(3)6-2;1-2-4-8-7(3-1)10-9-5-6-11(8)9;1-5-3-6(2)8(10)7(9)4-5/h14,16H,3-13H2,1-2H3;10H,5-9H2,1-4H3;1-5,10H,6H2;3-4H,10H2,1-2H3. The Bertz CT molecular complexity index is 1250. The molecule has 8 heteroatoms. The lowest BCUT2D eigenvalue weighted by molar-refractivity contribution is -0.132. The fourth-order valence-corrected chi connectivity index (χ4v) is 6.48. The number of piperidine rings is 1. The van der Waals surface area contributed by atoms with Crippen LogP contribution in [-0.2, 0) is 4.79 Å². The van der Waals surface area contributed by atoms with Crippen LogP contribution >= 0.6 is 11.6 Å². The van der Waals surface area contributed by atoms with Crippen molar-refractivity contribution in [3.63, 3.8) is 0 Å². The molecule has 0 spiro atoms. The largest absolute Gasteiger partial charge is 0.397 e. The second kappa shape index (κ2) is 24.4. The van der Waals surface area contributed by atoms with Crippen LogP contribution in [0, 0.1) is 25.7 Å². The highest BCUT2D eigenvalue weighted by atomic mass is 35.5. The van der Waals surface area contributed by atoms with E-state index in [4.69, 9.17) is 17.3 Å². The molecule has 1 unspecified atom stereocenters. The maximum Gasteiger partial charge on any atom is 0.222 e. The van der Waals surface area contributed by atoms with Crippen LogP contribution in [-0.4, -0.2) is 69.1 Å². The third-order valence-electron chi connectivity index (χ3n) is 9.96. The Morgan fingerprint density at radius 3 is 2.36 bits per heavy atom. The van der Waals surface area contributed by atoms with Crippen LogP contribution in [0.1, 0.15) is 109 Å². The minimum atomic E-state index is 0.386. The van der Waals surface area contributed by atoms with E-state index in [1.807, 2.05) is 33.0 Å². The first-order valence-corrected chi connectivity index (χ1v) is 19.8. The van der Waals surface area contributed by atoms with Gasteiger partial charge in [-0.3, -0.25) is 4.79 Å². The van der Waals surface area contributed by atoms with E-state index in [9.17, 15) is 4.79 Å². The minimum Gasteiger partial charge on any atom is -0.397 e. The highest BCUT2D eigenvalue weighted by Crippen LogP contribution is 2.39. The number of carbonyl (C=O) groups is 1. The Morgan fingerprint density at radius 2 is 1.74 bits per heavy atom. The van der Waals surface area contributed by atoms with Gasteiger partial charge in [0, 0.05) is 26.1 Å². The molecule has 2 aromatic rings. The fraction of sp³-hybridized carbons (Fsp3) is 0.643. The van der Waals surface area contributed by atoms with Crippen molar-refractivity contribution in [2.45, 2.75) is 112 Å². The van der Waals surface area contributed by atoms with Crippen LogP contribution in [0.5, 0.6) is 0 Å². The number of amides is 1. The minimum absolute atomic E-state index is 0.386. The van der Waals surface area contributed by atoms with Crippen molar-refractivity contribution in [3.8, 4) is 0 Å². The lowest BCUT2D eigenvalue weighted by atomic mass is 9.99. The van der Waals surface area contributed by atoms with Gasteiger partial charge in [0.25, 0.3) is 0 Å². The molecule has 0 bridgehead atoms. The van der Waals surface area contributed by atoms with Crippen molar-refractivity contribution in [3.05, 3.63) is 64.4 Å². The first kappa shape index (κ1) is 43.4. The number of halogens is 1. The molecule has 0 aromatic heterocycles. The molecule has 1 atom stereocenters. The molecule has 3 heterocycles. The molecule has 0 radical (unpaired) electrons. The number of para-hydroxylation sites is 2. The highest BCUT2D eigenvalue weighted by molar-refractivity contribution is 6.33. The molecule has 0 saturated carbocycles. The number of aryl methyl sites for hydroxylation is 2. The summed E-state index contributed by atoms with van der Waals surface area (Å²) in [7, 11) is 4.21. The Kier molecular flexibility index (Phi) is 21.2. The van der Waals surface area contributed by atoms with Crippen LogP contribution in [0.25, 0.3) is 0 Å². The number of nitrogen functional groups attached to an aromatic ring is 1. The Hall–Kier alpha value is -2.74. The summed E-state index contributed by atoms with van der Waals surface area (Å²) in [5, 5.41) is 7.13. The molecule has 0 aliphatic carbocycles. The third kappa shape index (κ3) is 16.1. The normalized spacial score (nSPS) is 15.1. The number of hydrogen-bond donors (Lipinski definition) is 3. The van der Waals surface area contributed by atoms with Crippen molar-refractivity contribution in [2.24, 2.45) is 11.8 Å². The van der Waals surface area contributed by atoms with E-state index in [-0.39, 0.29) is 0 Å². The summed E-state index contributed by atoms with van der Waals surface area (Å²) in [5.74, 6) is 3.33. The molecule has 1 amide bonds. The van der Waals surface area contributed by atoms with Gasteiger partial charge < -0.3 is 31.1 Å². The van der Waals surface area contributed by atoms with E-state index in [0.717, 1.165) is 62.0 Å². The Balaban J connectivity index is 0.000000238. The number of benzene rings is 2. The molecule has 5 rings (SSSR count).